The van der Waals surface area contributed by atoms with Crippen LogP contribution in [0, 0.1) is 21.8 Å². The zero-order valence-corrected chi connectivity index (χ0v) is 10.9. The summed E-state index contributed by atoms with van der Waals surface area (Å²) in [4.78, 5) is 15.3. The summed E-state index contributed by atoms with van der Waals surface area (Å²) in [7, 11) is 1.35. The van der Waals surface area contributed by atoms with E-state index >= 15 is 0 Å². The largest absolute Gasteiger partial charge is 0.497 e. The summed E-state index contributed by atoms with van der Waals surface area (Å²) in [5.41, 5.74) is 1.67. The highest BCUT2D eigenvalue weighted by molar-refractivity contribution is 5.63. The van der Waals surface area contributed by atoms with E-state index in [2.05, 4.69) is 5.48 Å². The molecule has 110 valence electrons. The van der Waals surface area contributed by atoms with Crippen molar-refractivity contribution < 1.29 is 23.6 Å². The molecule has 0 bridgehead atoms. The molecule has 8 heteroatoms. The van der Waals surface area contributed by atoms with Gasteiger partial charge in [-0.3, -0.25) is 20.4 Å². The maximum Gasteiger partial charge on any atom is 0.330 e. The Balaban J connectivity index is 2.07. The predicted octanol–water partition coefficient (Wildman–Crippen LogP) is 2.12. The zero-order chi connectivity index (χ0) is 14.5. The number of nitro groups is 1. The topological polar surface area (TPSA) is 82.9 Å². The number of nitro benzene ring substituents is 1. The third-order valence-electron chi connectivity index (χ3n) is 2.98. The Kier molecular flexibility index (Phi) is 4.70. The molecular formula is C12H15FN2O5. The van der Waals surface area contributed by atoms with Crippen LogP contribution >= 0.6 is 0 Å². The van der Waals surface area contributed by atoms with E-state index in [9.17, 15) is 14.5 Å². The van der Waals surface area contributed by atoms with Gasteiger partial charge in [0.1, 0.15) is 11.4 Å². The molecule has 0 amide bonds. The van der Waals surface area contributed by atoms with Crippen LogP contribution in [0.4, 0.5) is 15.8 Å². The van der Waals surface area contributed by atoms with E-state index in [4.69, 9.17) is 14.3 Å². The van der Waals surface area contributed by atoms with Crippen molar-refractivity contribution in [2.45, 2.75) is 6.42 Å². The molecule has 1 saturated heterocycles. The summed E-state index contributed by atoms with van der Waals surface area (Å²) in [6.45, 7) is 1.61. The number of ether oxygens (including phenoxy) is 2. The highest BCUT2D eigenvalue weighted by atomic mass is 19.1. The van der Waals surface area contributed by atoms with Gasteiger partial charge >= 0.3 is 5.69 Å². The van der Waals surface area contributed by atoms with Crippen molar-refractivity contribution in [1.82, 2.24) is 0 Å². The molecule has 1 fully saturated rings. The fraction of sp³-hybridized carbons (Fsp3) is 0.500. The molecule has 0 aliphatic carbocycles. The molecule has 1 atom stereocenters. The smallest absolute Gasteiger partial charge is 0.330 e. The number of methoxy groups -OCH3 is 1. The Morgan fingerprint density at radius 2 is 2.40 bits per heavy atom. The van der Waals surface area contributed by atoms with Crippen molar-refractivity contribution in [1.29, 1.82) is 0 Å². The monoisotopic (exact) mass is 286 g/mol. The van der Waals surface area contributed by atoms with Crippen molar-refractivity contribution in [3.8, 4) is 5.75 Å². The summed E-state index contributed by atoms with van der Waals surface area (Å²) in [5.74, 6) is -0.579. The van der Waals surface area contributed by atoms with Crippen LogP contribution in [0.3, 0.4) is 0 Å². The van der Waals surface area contributed by atoms with E-state index in [0.717, 1.165) is 12.5 Å². The van der Waals surface area contributed by atoms with Crippen molar-refractivity contribution >= 4 is 11.4 Å². The molecule has 20 heavy (non-hydrogen) atoms. The zero-order valence-electron chi connectivity index (χ0n) is 10.9. The van der Waals surface area contributed by atoms with Gasteiger partial charge in [0.15, 0.2) is 0 Å². The minimum atomic E-state index is -0.982. The molecule has 1 aliphatic rings. The highest BCUT2D eigenvalue weighted by Gasteiger charge is 2.23. The van der Waals surface area contributed by atoms with Gasteiger partial charge < -0.3 is 9.47 Å². The molecular weight excluding hydrogens is 271 g/mol. The minimum Gasteiger partial charge on any atom is -0.497 e. The molecule has 0 aromatic heterocycles. The van der Waals surface area contributed by atoms with E-state index in [1.807, 2.05) is 0 Å². The van der Waals surface area contributed by atoms with E-state index < -0.39 is 16.4 Å². The molecule has 1 unspecified atom stereocenters. The van der Waals surface area contributed by atoms with Gasteiger partial charge in [0.2, 0.25) is 5.82 Å². The fourth-order valence-corrected chi connectivity index (χ4v) is 1.91. The number of hydrogen-bond donors (Lipinski definition) is 1. The van der Waals surface area contributed by atoms with Gasteiger partial charge in [0, 0.05) is 24.7 Å². The maximum absolute atomic E-state index is 13.6. The molecule has 0 radical (unpaired) electrons. The summed E-state index contributed by atoms with van der Waals surface area (Å²) in [6.07, 6.45) is 0.871. The van der Waals surface area contributed by atoms with E-state index in [0.29, 0.717) is 19.8 Å². The van der Waals surface area contributed by atoms with Crippen molar-refractivity contribution in [3.63, 3.8) is 0 Å². The second-order valence-corrected chi connectivity index (χ2v) is 4.41. The first-order valence-electron chi connectivity index (χ1n) is 6.09. The van der Waals surface area contributed by atoms with Crippen LogP contribution in [0.25, 0.3) is 0 Å². The standard InChI is InChI=1S/C12H15FN2O5/c1-18-9-4-10(13)12(15(16)17)11(5-9)14-20-7-8-2-3-19-6-8/h4-5,8,14H,2-3,6-7H2,1H3. The van der Waals surface area contributed by atoms with Gasteiger partial charge in [-0.05, 0) is 6.42 Å². The lowest BCUT2D eigenvalue weighted by molar-refractivity contribution is -0.386. The van der Waals surface area contributed by atoms with Gasteiger partial charge in [0.25, 0.3) is 0 Å². The van der Waals surface area contributed by atoms with Crippen LogP contribution in [0.15, 0.2) is 12.1 Å². The van der Waals surface area contributed by atoms with Crippen LogP contribution < -0.4 is 10.2 Å². The molecule has 1 heterocycles. The predicted molar refractivity (Wildman–Crippen MR) is 68.1 cm³/mol. The van der Waals surface area contributed by atoms with E-state index in [1.54, 1.807) is 0 Å². The van der Waals surface area contributed by atoms with Crippen molar-refractivity contribution in [2.75, 3.05) is 32.4 Å². The lowest BCUT2D eigenvalue weighted by atomic mass is 10.1. The number of rotatable bonds is 6. The lowest BCUT2D eigenvalue weighted by Gasteiger charge is -2.11. The number of nitrogens with zero attached hydrogens (tertiary/aromatic N) is 1. The van der Waals surface area contributed by atoms with Gasteiger partial charge in [-0.1, -0.05) is 0 Å². The van der Waals surface area contributed by atoms with Gasteiger partial charge in [-0.2, -0.15) is 4.39 Å². The van der Waals surface area contributed by atoms with E-state index in [-0.39, 0.29) is 17.4 Å². The normalized spacial score (nSPS) is 18.0. The molecule has 2 rings (SSSR count). The van der Waals surface area contributed by atoms with Crippen molar-refractivity contribution in [3.05, 3.63) is 28.1 Å². The average molecular weight is 286 g/mol. The number of anilines is 1. The van der Waals surface area contributed by atoms with Gasteiger partial charge in [-0.25, -0.2) is 0 Å². The summed E-state index contributed by atoms with van der Waals surface area (Å²) in [6, 6.07) is 2.26. The van der Waals surface area contributed by atoms with Crippen LogP contribution in [-0.4, -0.2) is 31.9 Å². The average Bonchev–Trinajstić information content (AvgIpc) is 2.90. The summed E-state index contributed by atoms with van der Waals surface area (Å²) >= 11 is 0. The minimum absolute atomic E-state index is 0.0780. The fourth-order valence-electron chi connectivity index (χ4n) is 1.91. The second kappa shape index (κ2) is 6.49. The SMILES string of the molecule is COc1cc(F)c([N+](=O)[O-])c(NOCC2CCOC2)c1. The second-order valence-electron chi connectivity index (χ2n) is 4.41. The number of nitrogens with one attached hydrogen (secondary N) is 1. The molecule has 7 nitrogen and oxygen atoms in total. The maximum atomic E-state index is 13.6. The first kappa shape index (κ1) is 14.5. The number of benzene rings is 1. The molecule has 1 aromatic rings. The highest BCUT2D eigenvalue weighted by Crippen LogP contribution is 2.32. The molecule has 1 aromatic carbocycles. The Hall–Kier alpha value is -1.93. The Morgan fingerprint density at radius 1 is 1.60 bits per heavy atom. The molecule has 0 spiro atoms. The third kappa shape index (κ3) is 3.34. The van der Waals surface area contributed by atoms with Crippen LogP contribution in [0.2, 0.25) is 0 Å². The molecule has 1 aliphatic heterocycles. The van der Waals surface area contributed by atoms with Crippen molar-refractivity contribution in [2.24, 2.45) is 5.92 Å². The van der Waals surface area contributed by atoms with E-state index in [1.165, 1.54) is 13.2 Å². The lowest BCUT2D eigenvalue weighted by Crippen LogP contribution is -2.14. The van der Waals surface area contributed by atoms with Crippen LogP contribution in [-0.2, 0) is 9.57 Å². The first-order valence-corrected chi connectivity index (χ1v) is 6.09. The van der Waals surface area contributed by atoms with Crippen LogP contribution in [0.5, 0.6) is 5.75 Å². The summed E-state index contributed by atoms with van der Waals surface area (Å²) in [5, 5.41) is 10.9. The van der Waals surface area contributed by atoms with Gasteiger partial charge in [-0.15, -0.1) is 0 Å². The number of hydrogen-bond acceptors (Lipinski definition) is 6. The van der Waals surface area contributed by atoms with Gasteiger partial charge in [0.05, 0.1) is 25.2 Å². The van der Waals surface area contributed by atoms with Crippen LogP contribution in [0.1, 0.15) is 6.42 Å². The third-order valence-corrected chi connectivity index (χ3v) is 2.98. The molecule has 1 N–H and O–H groups in total. The Labute approximate surface area is 114 Å². The number of halogens is 1. The molecule has 0 saturated carbocycles. The first-order chi connectivity index (χ1) is 9.61. The Morgan fingerprint density at radius 3 is 3.00 bits per heavy atom. The Bertz CT molecular complexity index is 491. The quantitative estimate of drug-likeness (QED) is 0.637. The summed E-state index contributed by atoms with van der Waals surface area (Å²) < 4.78 is 23.7.